The average molecular weight is 446 g/mol. The van der Waals surface area contributed by atoms with E-state index in [-0.39, 0.29) is 30.6 Å². The molecule has 174 valence electrons. The maximum Gasteiger partial charge on any atom is 0.230 e. The molecule has 1 aromatic heterocycles. The molecule has 4 rings (SSSR count). The molecule has 0 bridgehead atoms. The number of rotatable bonds is 7. The van der Waals surface area contributed by atoms with Crippen molar-refractivity contribution in [2.45, 2.75) is 65.3 Å². The molecule has 32 heavy (non-hydrogen) atoms. The number of benzene rings is 1. The standard InChI is InChI=1S/C23H27F2N3O2.C2H6/c1-15-17(3-2-9-27-15)13-28(18-5-6-18)23(29)19-12-26-10-8-22(19)30-14-16-4-7-20(24)21(25)11-16;1-2/h2-4,7,9,11,18-19,22,26H,5-6,8,10,12-14H2,1H3;1-2H3. The van der Waals surface area contributed by atoms with Gasteiger partial charge in [-0.05, 0) is 62.1 Å². The quantitative estimate of drug-likeness (QED) is 0.687. The second-order valence-corrected chi connectivity index (χ2v) is 8.14. The maximum atomic E-state index is 13.5. The number of aromatic nitrogens is 1. The Bertz CT molecular complexity index is 905. The van der Waals surface area contributed by atoms with Gasteiger partial charge in [0, 0.05) is 31.0 Å². The van der Waals surface area contributed by atoms with E-state index in [2.05, 4.69) is 10.3 Å². The zero-order valence-electron chi connectivity index (χ0n) is 19.1. The minimum atomic E-state index is -0.888. The summed E-state index contributed by atoms with van der Waals surface area (Å²) in [6.45, 7) is 7.97. The van der Waals surface area contributed by atoms with Gasteiger partial charge in [0.2, 0.25) is 5.91 Å². The third-order valence-corrected chi connectivity index (χ3v) is 5.91. The summed E-state index contributed by atoms with van der Waals surface area (Å²) >= 11 is 0. The fourth-order valence-corrected chi connectivity index (χ4v) is 3.97. The number of piperidine rings is 1. The lowest BCUT2D eigenvalue weighted by molar-refractivity contribution is -0.144. The van der Waals surface area contributed by atoms with E-state index in [9.17, 15) is 13.6 Å². The SMILES string of the molecule is CC.Cc1ncccc1CN(C(=O)C1CNCCC1OCc1ccc(F)c(F)c1)C1CC1. The summed E-state index contributed by atoms with van der Waals surface area (Å²) in [5, 5.41) is 3.30. The Hall–Kier alpha value is -2.38. The Morgan fingerprint density at radius 2 is 1.97 bits per heavy atom. The van der Waals surface area contributed by atoms with E-state index in [4.69, 9.17) is 4.74 Å². The van der Waals surface area contributed by atoms with Crippen LogP contribution in [0.15, 0.2) is 36.5 Å². The van der Waals surface area contributed by atoms with Crippen molar-refractivity contribution in [2.75, 3.05) is 13.1 Å². The van der Waals surface area contributed by atoms with E-state index >= 15 is 0 Å². The van der Waals surface area contributed by atoms with Crippen molar-refractivity contribution >= 4 is 5.91 Å². The number of halogens is 2. The normalized spacial score (nSPS) is 20.3. The molecule has 1 saturated carbocycles. The minimum Gasteiger partial charge on any atom is -0.373 e. The van der Waals surface area contributed by atoms with Crippen LogP contribution in [0.2, 0.25) is 0 Å². The number of nitrogens with zero attached hydrogens (tertiary/aromatic N) is 2. The predicted molar refractivity (Wildman–Crippen MR) is 120 cm³/mol. The van der Waals surface area contributed by atoms with Crippen LogP contribution in [0.4, 0.5) is 8.78 Å². The Labute approximate surface area is 189 Å². The van der Waals surface area contributed by atoms with Crippen LogP contribution >= 0.6 is 0 Å². The predicted octanol–water partition coefficient (Wildman–Crippen LogP) is 4.38. The minimum absolute atomic E-state index is 0.0863. The number of carbonyl (C=O) groups excluding carboxylic acids is 1. The van der Waals surface area contributed by atoms with Gasteiger partial charge in [-0.25, -0.2) is 8.78 Å². The van der Waals surface area contributed by atoms with Crippen molar-refractivity contribution in [3.8, 4) is 0 Å². The molecule has 2 fully saturated rings. The van der Waals surface area contributed by atoms with Crippen molar-refractivity contribution in [1.82, 2.24) is 15.2 Å². The van der Waals surface area contributed by atoms with Gasteiger partial charge in [0.1, 0.15) is 0 Å². The number of hydrogen-bond acceptors (Lipinski definition) is 4. The first-order valence-corrected chi connectivity index (χ1v) is 11.5. The first kappa shape index (κ1) is 24.3. The van der Waals surface area contributed by atoms with E-state index in [1.165, 1.54) is 6.07 Å². The van der Waals surface area contributed by atoms with Gasteiger partial charge in [-0.1, -0.05) is 26.0 Å². The summed E-state index contributed by atoms with van der Waals surface area (Å²) in [5.41, 5.74) is 2.55. The number of hydrogen-bond donors (Lipinski definition) is 1. The lowest BCUT2D eigenvalue weighted by Gasteiger charge is -2.35. The van der Waals surface area contributed by atoms with Gasteiger partial charge in [-0.15, -0.1) is 0 Å². The summed E-state index contributed by atoms with van der Waals surface area (Å²) < 4.78 is 32.7. The van der Waals surface area contributed by atoms with Gasteiger partial charge < -0.3 is 15.0 Å². The molecule has 2 atom stereocenters. The second kappa shape index (κ2) is 11.5. The Morgan fingerprint density at radius 1 is 1.19 bits per heavy atom. The number of pyridine rings is 1. The van der Waals surface area contributed by atoms with Crippen molar-refractivity contribution in [3.63, 3.8) is 0 Å². The molecular weight excluding hydrogens is 412 g/mol. The van der Waals surface area contributed by atoms with E-state index in [1.807, 2.05) is 37.8 Å². The molecule has 0 radical (unpaired) electrons. The van der Waals surface area contributed by atoms with Crippen molar-refractivity contribution in [2.24, 2.45) is 5.92 Å². The average Bonchev–Trinajstić information content (AvgIpc) is 3.66. The van der Waals surface area contributed by atoms with Gasteiger partial charge in [-0.3, -0.25) is 9.78 Å². The number of ether oxygens (including phenoxy) is 1. The van der Waals surface area contributed by atoms with Crippen LogP contribution in [-0.2, 0) is 22.7 Å². The Kier molecular flexibility index (Phi) is 8.70. The summed E-state index contributed by atoms with van der Waals surface area (Å²) in [5.74, 6) is -1.98. The lowest BCUT2D eigenvalue weighted by atomic mass is 9.94. The summed E-state index contributed by atoms with van der Waals surface area (Å²) in [7, 11) is 0. The van der Waals surface area contributed by atoms with Crippen LogP contribution in [0.25, 0.3) is 0 Å². The van der Waals surface area contributed by atoms with Crippen molar-refractivity contribution in [1.29, 1.82) is 0 Å². The van der Waals surface area contributed by atoms with Gasteiger partial charge >= 0.3 is 0 Å². The fourth-order valence-electron chi connectivity index (χ4n) is 3.97. The van der Waals surface area contributed by atoms with Crippen molar-refractivity contribution in [3.05, 3.63) is 65.0 Å². The van der Waals surface area contributed by atoms with Gasteiger partial charge in [0.05, 0.1) is 18.6 Å². The summed E-state index contributed by atoms with van der Waals surface area (Å²) in [6.07, 6.45) is 4.24. The van der Waals surface area contributed by atoms with E-state index in [0.717, 1.165) is 42.8 Å². The second-order valence-electron chi connectivity index (χ2n) is 8.14. The van der Waals surface area contributed by atoms with E-state index < -0.39 is 11.6 Å². The highest BCUT2D eigenvalue weighted by Crippen LogP contribution is 2.32. The number of nitrogens with one attached hydrogen (secondary N) is 1. The molecule has 7 heteroatoms. The molecule has 1 amide bonds. The molecule has 2 unspecified atom stereocenters. The number of carbonyl (C=O) groups is 1. The van der Waals surface area contributed by atoms with Crippen molar-refractivity contribution < 1.29 is 18.3 Å². The van der Waals surface area contributed by atoms with Gasteiger partial charge in [-0.2, -0.15) is 0 Å². The van der Waals surface area contributed by atoms with Crippen LogP contribution in [0.1, 0.15) is 49.9 Å². The van der Waals surface area contributed by atoms with Crippen LogP contribution in [0, 0.1) is 24.5 Å². The molecular formula is C25H33F2N3O2. The lowest BCUT2D eigenvalue weighted by Crippen LogP contribution is -2.50. The van der Waals surface area contributed by atoms with Gasteiger partial charge in [0.15, 0.2) is 11.6 Å². The van der Waals surface area contributed by atoms with Crippen LogP contribution in [0.5, 0.6) is 0 Å². The molecule has 1 saturated heterocycles. The Morgan fingerprint density at radius 3 is 2.66 bits per heavy atom. The monoisotopic (exact) mass is 445 g/mol. The van der Waals surface area contributed by atoms with Crippen LogP contribution in [-0.4, -0.2) is 41.0 Å². The molecule has 0 spiro atoms. The fraction of sp³-hybridized carbons (Fsp3) is 0.520. The van der Waals surface area contributed by atoms with Gasteiger partial charge in [0.25, 0.3) is 0 Å². The van der Waals surface area contributed by atoms with E-state index in [0.29, 0.717) is 25.1 Å². The maximum absolute atomic E-state index is 13.5. The Balaban J connectivity index is 0.00000141. The first-order valence-electron chi connectivity index (χ1n) is 11.5. The highest BCUT2D eigenvalue weighted by Gasteiger charge is 2.40. The first-order chi connectivity index (χ1) is 15.5. The smallest absolute Gasteiger partial charge is 0.230 e. The molecule has 1 aliphatic heterocycles. The highest BCUT2D eigenvalue weighted by atomic mass is 19.2. The molecule has 1 N–H and O–H groups in total. The van der Waals surface area contributed by atoms with E-state index in [1.54, 1.807) is 6.20 Å². The molecule has 2 aromatic rings. The summed E-state index contributed by atoms with van der Waals surface area (Å²) in [6, 6.07) is 7.94. The highest BCUT2D eigenvalue weighted by molar-refractivity contribution is 5.80. The van der Waals surface area contributed by atoms with Crippen LogP contribution in [0.3, 0.4) is 0 Å². The largest absolute Gasteiger partial charge is 0.373 e. The number of amides is 1. The topological polar surface area (TPSA) is 54.5 Å². The third-order valence-electron chi connectivity index (χ3n) is 5.91. The number of aryl methyl sites for hydroxylation is 1. The summed E-state index contributed by atoms with van der Waals surface area (Å²) in [4.78, 5) is 19.8. The molecule has 2 heterocycles. The third kappa shape index (κ3) is 6.11. The zero-order valence-corrected chi connectivity index (χ0v) is 19.1. The van der Waals surface area contributed by atoms with Crippen LogP contribution < -0.4 is 5.32 Å². The zero-order chi connectivity index (χ0) is 23.1. The molecule has 5 nitrogen and oxygen atoms in total. The molecule has 1 aromatic carbocycles. The molecule has 1 aliphatic carbocycles. The molecule has 2 aliphatic rings.